The summed E-state index contributed by atoms with van der Waals surface area (Å²) < 4.78 is 28.3. The first-order valence-corrected chi connectivity index (χ1v) is 10.2. The van der Waals surface area contributed by atoms with Crippen molar-refractivity contribution in [2.75, 3.05) is 18.6 Å². The van der Waals surface area contributed by atoms with Crippen molar-refractivity contribution in [3.63, 3.8) is 0 Å². The lowest BCUT2D eigenvalue weighted by molar-refractivity contribution is 0.196. The molecule has 2 aromatic rings. The van der Waals surface area contributed by atoms with Gasteiger partial charge < -0.3 is 4.52 Å². The monoisotopic (exact) mass is 351 g/mol. The Balaban J connectivity index is 2.08. The van der Waals surface area contributed by atoms with Gasteiger partial charge in [-0.15, -0.1) is 0 Å². The first-order valence-electron chi connectivity index (χ1n) is 8.16. The second kappa shape index (κ2) is 7.90. The van der Waals surface area contributed by atoms with Crippen LogP contribution in [0, 0.1) is 0 Å². The molecule has 0 fully saturated rings. The maximum absolute atomic E-state index is 11.5. The molecule has 1 atom stereocenters. The Bertz CT molecular complexity index is 754. The molecule has 0 aliphatic carbocycles. The van der Waals surface area contributed by atoms with Gasteiger partial charge in [0.25, 0.3) is 0 Å². The Kier molecular flexibility index (Phi) is 6.12. The summed E-state index contributed by atoms with van der Waals surface area (Å²) in [7, 11) is -3.02. The minimum atomic E-state index is -3.02. The fraction of sp³-hybridized carbons (Fsp3) is 0.529. The number of nitrogens with zero attached hydrogens (tertiary/aromatic N) is 3. The summed E-state index contributed by atoms with van der Waals surface area (Å²) in [5, 5.41) is 4.03. The molecule has 24 heavy (non-hydrogen) atoms. The topological polar surface area (TPSA) is 76.3 Å². The van der Waals surface area contributed by atoms with Crippen LogP contribution in [0.2, 0.25) is 0 Å². The molecule has 0 radical (unpaired) electrons. The highest BCUT2D eigenvalue weighted by molar-refractivity contribution is 7.90. The van der Waals surface area contributed by atoms with Crippen LogP contribution in [-0.2, 0) is 22.8 Å². The molecular formula is C17H25N3O3S. The Morgan fingerprint density at radius 2 is 1.88 bits per heavy atom. The highest BCUT2D eigenvalue weighted by Gasteiger charge is 2.20. The van der Waals surface area contributed by atoms with Crippen molar-refractivity contribution in [3.8, 4) is 11.4 Å². The average molecular weight is 351 g/mol. The van der Waals surface area contributed by atoms with Gasteiger partial charge in [0.15, 0.2) is 0 Å². The van der Waals surface area contributed by atoms with Crippen molar-refractivity contribution in [2.45, 2.75) is 39.8 Å². The van der Waals surface area contributed by atoms with Crippen molar-refractivity contribution in [2.24, 2.45) is 0 Å². The molecule has 1 unspecified atom stereocenters. The first-order chi connectivity index (χ1) is 11.3. The van der Waals surface area contributed by atoms with Crippen molar-refractivity contribution in [1.82, 2.24) is 15.0 Å². The van der Waals surface area contributed by atoms with Crippen molar-refractivity contribution < 1.29 is 12.9 Å². The Hall–Kier alpha value is -1.73. The molecule has 0 N–H and O–H groups in total. The van der Waals surface area contributed by atoms with Gasteiger partial charge in [-0.2, -0.15) is 4.98 Å². The molecule has 0 bridgehead atoms. The second-order valence-corrected chi connectivity index (χ2v) is 8.25. The Morgan fingerprint density at radius 3 is 2.42 bits per heavy atom. The minimum absolute atomic E-state index is 0.107. The van der Waals surface area contributed by atoms with Crippen LogP contribution in [0.3, 0.4) is 0 Å². The van der Waals surface area contributed by atoms with Gasteiger partial charge in [-0.25, -0.2) is 8.42 Å². The van der Waals surface area contributed by atoms with E-state index in [2.05, 4.69) is 29.2 Å². The van der Waals surface area contributed by atoms with Crippen LogP contribution >= 0.6 is 0 Å². The van der Waals surface area contributed by atoms with Gasteiger partial charge >= 0.3 is 0 Å². The van der Waals surface area contributed by atoms with Gasteiger partial charge in [0.2, 0.25) is 11.7 Å². The standard InChI is InChI=1S/C17H25N3O3S/c1-5-14-7-9-15(10-8-14)17-18-16(23-19-17)11-20(6-2)13(3)12-24(4,21)22/h7-10,13H,5-6,11-12H2,1-4H3. The molecule has 0 aliphatic heterocycles. The average Bonchev–Trinajstić information content (AvgIpc) is 2.99. The zero-order valence-corrected chi connectivity index (χ0v) is 15.5. The quantitative estimate of drug-likeness (QED) is 0.727. The van der Waals surface area contributed by atoms with Gasteiger partial charge in [0, 0.05) is 17.9 Å². The lowest BCUT2D eigenvalue weighted by Crippen LogP contribution is -2.37. The minimum Gasteiger partial charge on any atom is -0.338 e. The number of rotatable bonds is 8. The van der Waals surface area contributed by atoms with E-state index in [9.17, 15) is 8.42 Å². The summed E-state index contributed by atoms with van der Waals surface area (Å²) in [5.41, 5.74) is 2.17. The van der Waals surface area contributed by atoms with Gasteiger partial charge in [-0.1, -0.05) is 43.3 Å². The van der Waals surface area contributed by atoms with Crippen LogP contribution in [0.1, 0.15) is 32.2 Å². The molecule has 0 aliphatic rings. The smallest absolute Gasteiger partial charge is 0.241 e. The molecule has 1 heterocycles. The van der Waals surface area contributed by atoms with E-state index in [1.54, 1.807) is 0 Å². The summed E-state index contributed by atoms with van der Waals surface area (Å²) in [6.45, 7) is 7.14. The molecule has 1 aromatic heterocycles. The number of benzene rings is 1. The maximum atomic E-state index is 11.5. The Labute approximate surface area is 143 Å². The number of aromatic nitrogens is 2. The highest BCUT2D eigenvalue weighted by atomic mass is 32.2. The van der Waals surface area contributed by atoms with E-state index < -0.39 is 9.84 Å². The number of hydrogen-bond donors (Lipinski definition) is 0. The predicted octanol–water partition coefficient (Wildman–Crippen LogP) is 2.55. The van der Waals surface area contributed by atoms with Gasteiger partial charge in [0.1, 0.15) is 9.84 Å². The van der Waals surface area contributed by atoms with Gasteiger partial charge in [0.05, 0.1) is 12.3 Å². The number of hydrogen-bond acceptors (Lipinski definition) is 6. The fourth-order valence-corrected chi connectivity index (χ4v) is 3.71. The molecule has 7 heteroatoms. The van der Waals surface area contributed by atoms with E-state index in [0.29, 0.717) is 24.8 Å². The molecular weight excluding hydrogens is 326 g/mol. The zero-order chi connectivity index (χ0) is 17.7. The molecule has 1 aromatic carbocycles. The zero-order valence-electron chi connectivity index (χ0n) is 14.7. The van der Waals surface area contributed by atoms with Crippen LogP contribution in [-0.4, -0.2) is 48.1 Å². The Morgan fingerprint density at radius 1 is 1.21 bits per heavy atom. The second-order valence-electron chi connectivity index (χ2n) is 6.07. The first kappa shape index (κ1) is 18.6. The third kappa shape index (κ3) is 5.14. The van der Waals surface area contributed by atoms with Gasteiger partial charge in [-0.3, -0.25) is 4.90 Å². The third-order valence-electron chi connectivity index (χ3n) is 4.00. The maximum Gasteiger partial charge on any atom is 0.241 e. The molecule has 0 amide bonds. The van der Waals surface area contributed by atoms with Crippen molar-refractivity contribution in [1.29, 1.82) is 0 Å². The number of aryl methyl sites for hydroxylation is 1. The van der Waals surface area contributed by atoms with E-state index in [1.807, 2.05) is 30.9 Å². The van der Waals surface area contributed by atoms with Crippen LogP contribution in [0.5, 0.6) is 0 Å². The molecule has 132 valence electrons. The van der Waals surface area contributed by atoms with Gasteiger partial charge in [-0.05, 0) is 25.5 Å². The molecule has 0 saturated carbocycles. The number of sulfone groups is 1. The van der Waals surface area contributed by atoms with E-state index in [4.69, 9.17) is 4.52 Å². The highest BCUT2D eigenvalue weighted by Crippen LogP contribution is 2.18. The van der Waals surface area contributed by atoms with Crippen LogP contribution in [0.25, 0.3) is 11.4 Å². The molecule has 0 saturated heterocycles. The fourth-order valence-electron chi connectivity index (χ4n) is 2.62. The van der Waals surface area contributed by atoms with Crippen LogP contribution in [0.4, 0.5) is 0 Å². The SMILES string of the molecule is CCc1ccc(-c2noc(CN(CC)C(C)CS(C)(=O)=O)n2)cc1. The third-order valence-corrected chi connectivity index (χ3v) is 5.09. The summed E-state index contributed by atoms with van der Waals surface area (Å²) in [6, 6.07) is 7.97. The van der Waals surface area contributed by atoms with Crippen LogP contribution < -0.4 is 0 Å². The van der Waals surface area contributed by atoms with Crippen LogP contribution in [0.15, 0.2) is 28.8 Å². The summed E-state index contributed by atoms with van der Waals surface area (Å²) in [4.78, 5) is 6.45. The summed E-state index contributed by atoms with van der Waals surface area (Å²) >= 11 is 0. The van der Waals surface area contributed by atoms with Crippen molar-refractivity contribution in [3.05, 3.63) is 35.7 Å². The predicted molar refractivity (Wildman–Crippen MR) is 94.4 cm³/mol. The van der Waals surface area contributed by atoms with E-state index in [0.717, 1.165) is 12.0 Å². The molecule has 0 spiro atoms. The van der Waals surface area contributed by atoms with Crippen molar-refractivity contribution >= 4 is 9.84 Å². The summed E-state index contributed by atoms with van der Waals surface area (Å²) in [5.74, 6) is 1.16. The molecule has 6 nitrogen and oxygen atoms in total. The lowest BCUT2D eigenvalue weighted by atomic mass is 10.1. The van der Waals surface area contributed by atoms with E-state index in [1.165, 1.54) is 11.8 Å². The molecule has 2 rings (SSSR count). The van der Waals surface area contributed by atoms with E-state index >= 15 is 0 Å². The largest absolute Gasteiger partial charge is 0.338 e. The summed E-state index contributed by atoms with van der Waals surface area (Å²) in [6.07, 6.45) is 2.24. The lowest BCUT2D eigenvalue weighted by Gasteiger charge is -2.25. The normalized spacial score (nSPS) is 13.4. The van der Waals surface area contributed by atoms with E-state index in [-0.39, 0.29) is 11.8 Å².